The number of para-hydroxylation sites is 1. The largest absolute Gasteiger partial charge is 0.382 e. The minimum atomic E-state index is -3.45. The molecule has 0 radical (unpaired) electrons. The van der Waals surface area contributed by atoms with Gasteiger partial charge in [-0.15, -0.1) is 0 Å². The van der Waals surface area contributed by atoms with Crippen molar-refractivity contribution in [1.29, 1.82) is 0 Å². The number of nitrogens with one attached hydrogen (secondary N) is 2. The molecule has 6 heteroatoms. The molecular weight excluding hydrogens is 250 g/mol. The number of nitrogens with two attached hydrogens (primary N) is 1. The third-order valence-corrected chi connectivity index (χ3v) is 4.30. The van der Waals surface area contributed by atoms with Crippen LogP contribution in [0.5, 0.6) is 0 Å². The maximum Gasteiger partial charge on any atom is 0.242 e. The molecule has 0 fully saturated rings. The fourth-order valence-electron chi connectivity index (χ4n) is 1.42. The summed E-state index contributed by atoms with van der Waals surface area (Å²) >= 11 is 0. The molecule has 0 saturated heterocycles. The molecule has 4 N–H and O–H groups in total. The Hall–Kier alpha value is -1.11. The number of hydrogen-bond acceptors (Lipinski definition) is 4. The van der Waals surface area contributed by atoms with Gasteiger partial charge in [0, 0.05) is 12.6 Å². The molecule has 0 saturated carbocycles. The molecule has 0 aliphatic heterocycles. The van der Waals surface area contributed by atoms with Gasteiger partial charge in [0.05, 0.1) is 5.69 Å². The van der Waals surface area contributed by atoms with Crippen LogP contribution in [0.4, 0.5) is 5.69 Å². The van der Waals surface area contributed by atoms with Gasteiger partial charge in [-0.05, 0) is 25.1 Å². The Kier molecular flexibility index (Phi) is 5.13. The van der Waals surface area contributed by atoms with Crippen LogP contribution in [0.15, 0.2) is 29.2 Å². The van der Waals surface area contributed by atoms with Crippen LogP contribution in [0.2, 0.25) is 0 Å². The van der Waals surface area contributed by atoms with E-state index in [4.69, 9.17) is 5.73 Å². The van der Waals surface area contributed by atoms with E-state index in [2.05, 4.69) is 10.0 Å². The molecule has 0 spiro atoms. The maximum absolute atomic E-state index is 11.8. The standard InChI is InChI=1S/C12H21N3O2S/c1-9(2)10(13)8-15-11-6-4-5-7-12(11)18(16,17)14-3/h4-7,9-10,14-15H,8,13H2,1-3H3. The molecule has 1 rings (SSSR count). The highest BCUT2D eigenvalue weighted by Crippen LogP contribution is 2.20. The summed E-state index contributed by atoms with van der Waals surface area (Å²) in [7, 11) is -2.06. The lowest BCUT2D eigenvalue weighted by Gasteiger charge is -2.18. The van der Waals surface area contributed by atoms with Crippen LogP contribution in [0.3, 0.4) is 0 Å². The van der Waals surface area contributed by atoms with Gasteiger partial charge >= 0.3 is 0 Å². The molecule has 0 aliphatic carbocycles. The summed E-state index contributed by atoms with van der Waals surface area (Å²) in [6, 6.07) is 6.76. The number of rotatable bonds is 6. The Labute approximate surface area is 109 Å². The van der Waals surface area contributed by atoms with Crippen LogP contribution in [-0.2, 0) is 10.0 Å². The molecule has 0 aliphatic rings. The van der Waals surface area contributed by atoms with Gasteiger partial charge in [0.1, 0.15) is 4.90 Å². The fourth-order valence-corrected chi connectivity index (χ4v) is 2.33. The monoisotopic (exact) mass is 271 g/mol. The van der Waals surface area contributed by atoms with Crippen LogP contribution in [-0.4, -0.2) is 28.1 Å². The zero-order valence-electron chi connectivity index (χ0n) is 11.0. The molecule has 5 nitrogen and oxygen atoms in total. The number of anilines is 1. The average Bonchev–Trinajstić information content (AvgIpc) is 2.36. The zero-order valence-corrected chi connectivity index (χ0v) is 11.8. The van der Waals surface area contributed by atoms with Crippen LogP contribution >= 0.6 is 0 Å². The van der Waals surface area contributed by atoms with E-state index >= 15 is 0 Å². The smallest absolute Gasteiger partial charge is 0.242 e. The van der Waals surface area contributed by atoms with E-state index < -0.39 is 10.0 Å². The minimum Gasteiger partial charge on any atom is -0.382 e. The van der Waals surface area contributed by atoms with E-state index in [9.17, 15) is 8.42 Å². The van der Waals surface area contributed by atoms with Crippen LogP contribution in [0.25, 0.3) is 0 Å². The summed E-state index contributed by atoms with van der Waals surface area (Å²) in [5, 5.41) is 3.09. The van der Waals surface area contributed by atoms with Gasteiger partial charge in [-0.2, -0.15) is 0 Å². The number of sulfonamides is 1. The molecule has 0 heterocycles. The van der Waals surface area contributed by atoms with Crippen molar-refractivity contribution in [2.45, 2.75) is 24.8 Å². The van der Waals surface area contributed by atoms with Crippen molar-refractivity contribution in [3.63, 3.8) is 0 Å². The van der Waals surface area contributed by atoms with E-state index in [1.165, 1.54) is 7.05 Å². The average molecular weight is 271 g/mol. The fraction of sp³-hybridized carbons (Fsp3) is 0.500. The first-order valence-electron chi connectivity index (χ1n) is 5.90. The second kappa shape index (κ2) is 6.17. The van der Waals surface area contributed by atoms with E-state index in [-0.39, 0.29) is 10.9 Å². The highest BCUT2D eigenvalue weighted by Gasteiger charge is 2.16. The van der Waals surface area contributed by atoms with Gasteiger partial charge in [-0.25, -0.2) is 13.1 Å². The van der Waals surface area contributed by atoms with E-state index in [0.717, 1.165) is 0 Å². The van der Waals surface area contributed by atoms with E-state index in [1.54, 1.807) is 24.3 Å². The van der Waals surface area contributed by atoms with E-state index in [0.29, 0.717) is 18.2 Å². The summed E-state index contributed by atoms with van der Waals surface area (Å²) in [6.45, 7) is 4.60. The van der Waals surface area contributed by atoms with Crippen LogP contribution < -0.4 is 15.8 Å². The lowest BCUT2D eigenvalue weighted by molar-refractivity contribution is 0.511. The first-order valence-corrected chi connectivity index (χ1v) is 7.39. The molecule has 0 aromatic heterocycles. The summed E-state index contributed by atoms with van der Waals surface area (Å²) in [6.07, 6.45) is 0. The van der Waals surface area contributed by atoms with Crippen LogP contribution in [0, 0.1) is 5.92 Å². The van der Waals surface area contributed by atoms with Gasteiger partial charge in [0.2, 0.25) is 10.0 Å². The molecule has 1 atom stereocenters. The van der Waals surface area contributed by atoms with Crippen molar-refractivity contribution < 1.29 is 8.42 Å². The lowest BCUT2D eigenvalue weighted by atomic mass is 10.1. The predicted octanol–water partition coefficient (Wildman–Crippen LogP) is 0.990. The number of hydrogen-bond donors (Lipinski definition) is 3. The second-order valence-corrected chi connectivity index (χ2v) is 6.35. The molecule has 0 bridgehead atoms. The summed E-state index contributed by atoms with van der Waals surface area (Å²) in [5.41, 5.74) is 6.50. The molecule has 102 valence electrons. The molecule has 1 unspecified atom stereocenters. The second-order valence-electron chi connectivity index (χ2n) is 4.49. The minimum absolute atomic E-state index is 0.0182. The molecule has 1 aromatic rings. The van der Waals surface area contributed by atoms with Crippen molar-refractivity contribution >= 4 is 15.7 Å². The summed E-state index contributed by atoms with van der Waals surface area (Å²) in [4.78, 5) is 0.239. The Morgan fingerprint density at radius 2 is 1.89 bits per heavy atom. The summed E-state index contributed by atoms with van der Waals surface area (Å²) in [5.74, 6) is 0.338. The first kappa shape index (κ1) is 14.9. The van der Waals surface area contributed by atoms with Gasteiger partial charge in [0.15, 0.2) is 0 Å². The van der Waals surface area contributed by atoms with Crippen molar-refractivity contribution in [2.75, 3.05) is 18.9 Å². The van der Waals surface area contributed by atoms with E-state index in [1.807, 2.05) is 13.8 Å². The predicted molar refractivity (Wildman–Crippen MR) is 74.0 cm³/mol. The highest BCUT2D eigenvalue weighted by molar-refractivity contribution is 7.89. The normalized spacial score (nSPS) is 13.6. The Morgan fingerprint density at radius 1 is 1.28 bits per heavy atom. The van der Waals surface area contributed by atoms with Crippen molar-refractivity contribution in [3.05, 3.63) is 24.3 Å². The van der Waals surface area contributed by atoms with Gasteiger partial charge in [0.25, 0.3) is 0 Å². The Balaban J connectivity index is 2.91. The quantitative estimate of drug-likeness (QED) is 0.720. The van der Waals surface area contributed by atoms with Crippen LogP contribution in [0.1, 0.15) is 13.8 Å². The third kappa shape index (κ3) is 3.69. The topological polar surface area (TPSA) is 84.2 Å². The molecular formula is C12H21N3O2S. The van der Waals surface area contributed by atoms with Gasteiger partial charge in [-0.1, -0.05) is 26.0 Å². The third-order valence-electron chi connectivity index (χ3n) is 2.83. The molecule has 1 aromatic carbocycles. The summed E-state index contributed by atoms with van der Waals surface area (Å²) < 4.78 is 25.9. The molecule has 18 heavy (non-hydrogen) atoms. The zero-order chi connectivity index (χ0) is 13.8. The molecule has 0 amide bonds. The Morgan fingerprint density at radius 3 is 2.44 bits per heavy atom. The lowest BCUT2D eigenvalue weighted by Crippen LogP contribution is -2.34. The van der Waals surface area contributed by atoms with Gasteiger partial charge in [-0.3, -0.25) is 0 Å². The highest BCUT2D eigenvalue weighted by atomic mass is 32.2. The first-order chi connectivity index (χ1) is 8.38. The Bertz CT molecular complexity index is 486. The maximum atomic E-state index is 11.8. The number of benzene rings is 1. The van der Waals surface area contributed by atoms with Crippen molar-refractivity contribution in [1.82, 2.24) is 4.72 Å². The van der Waals surface area contributed by atoms with Crippen molar-refractivity contribution in [3.8, 4) is 0 Å². The van der Waals surface area contributed by atoms with Gasteiger partial charge < -0.3 is 11.1 Å². The van der Waals surface area contributed by atoms with Crippen molar-refractivity contribution in [2.24, 2.45) is 11.7 Å². The SMILES string of the molecule is CNS(=O)(=O)c1ccccc1NCC(N)C(C)C.